The van der Waals surface area contributed by atoms with E-state index in [2.05, 4.69) is 10.3 Å². The van der Waals surface area contributed by atoms with E-state index in [1.54, 1.807) is 12.3 Å². The predicted molar refractivity (Wildman–Crippen MR) is 76.3 cm³/mol. The predicted octanol–water partition coefficient (Wildman–Crippen LogP) is 1.93. The number of rotatable bonds is 4. The number of piperidine rings is 1. The highest BCUT2D eigenvalue weighted by atomic mass is 16.3. The molecule has 0 radical (unpaired) electrons. The lowest BCUT2D eigenvalue weighted by molar-refractivity contribution is 0.112. The lowest BCUT2D eigenvalue weighted by atomic mass is 9.98. The van der Waals surface area contributed by atoms with Crippen molar-refractivity contribution in [3.63, 3.8) is 0 Å². The van der Waals surface area contributed by atoms with Crippen LogP contribution in [-0.2, 0) is 0 Å². The maximum atomic E-state index is 10.8. The standard InChI is InChI=1S/C15H20N2O2/c1-11-6-13(15(19)14(7-11)10-18)9-17-8-12-2-4-16-5-3-12/h6-7,9-10,12,16,19H,2-5,8H2,1H3. The normalized spacial score (nSPS) is 16.9. The molecular formula is C15H20N2O2. The van der Waals surface area contributed by atoms with Crippen molar-refractivity contribution in [3.05, 3.63) is 28.8 Å². The van der Waals surface area contributed by atoms with Crippen LogP contribution < -0.4 is 5.32 Å². The number of nitrogens with one attached hydrogen (secondary N) is 1. The van der Waals surface area contributed by atoms with Crippen LogP contribution >= 0.6 is 0 Å². The fourth-order valence-electron chi connectivity index (χ4n) is 2.39. The van der Waals surface area contributed by atoms with E-state index in [0.29, 0.717) is 23.3 Å². The summed E-state index contributed by atoms with van der Waals surface area (Å²) in [7, 11) is 0. The Morgan fingerprint density at radius 1 is 1.37 bits per heavy atom. The molecule has 1 heterocycles. The number of carbonyl (C=O) groups excluding carboxylic acids is 1. The molecule has 0 amide bonds. The van der Waals surface area contributed by atoms with Gasteiger partial charge in [-0.1, -0.05) is 0 Å². The molecule has 0 aromatic heterocycles. The number of aryl methyl sites for hydroxylation is 1. The maximum Gasteiger partial charge on any atom is 0.153 e. The van der Waals surface area contributed by atoms with Gasteiger partial charge in [0.05, 0.1) is 5.56 Å². The van der Waals surface area contributed by atoms with Crippen molar-refractivity contribution in [1.82, 2.24) is 5.32 Å². The number of benzene rings is 1. The Labute approximate surface area is 113 Å². The molecule has 0 spiro atoms. The van der Waals surface area contributed by atoms with Crippen LogP contribution in [0.2, 0.25) is 0 Å². The first kappa shape index (κ1) is 13.7. The molecule has 0 bridgehead atoms. The third-order valence-corrected chi connectivity index (χ3v) is 3.49. The minimum absolute atomic E-state index is 0.0228. The first-order valence-electron chi connectivity index (χ1n) is 6.70. The lowest BCUT2D eigenvalue weighted by Crippen LogP contribution is -2.28. The molecule has 1 aromatic carbocycles. The van der Waals surface area contributed by atoms with Crippen molar-refractivity contribution < 1.29 is 9.90 Å². The minimum Gasteiger partial charge on any atom is -0.507 e. The van der Waals surface area contributed by atoms with E-state index in [1.165, 1.54) is 0 Å². The van der Waals surface area contributed by atoms with Gasteiger partial charge in [0.1, 0.15) is 5.75 Å². The molecule has 0 saturated carbocycles. The molecule has 19 heavy (non-hydrogen) atoms. The van der Waals surface area contributed by atoms with Crippen molar-refractivity contribution in [2.75, 3.05) is 19.6 Å². The zero-order valence-corrected chi connectivity index (χ0v) is 11.2. The topological polar surface area (TPSA) is 61.7 Å². The molecule has 1 aromatic rings. The third kappa shape index (κ3) is 3.64. The van der Waals surface area contributed by atoms with Crippen molar-refractivity contribution in [1.29, 1.82) is 0 Å². The van der Waals surface area contributed by atoms with Gasteiger partial charge >= 0.3 is 0 Å². The van der Waals surface area contributed by atoms with Gasteiger partial charge in [-0.25, -0.2) is 0 Å². The van der Waals surface area contributed by atoms with Crippen LogP contribution in [0.1, 0.15) is 34.3 Å². The van der Waals surface area contributed by atoms with Crippen LogP contribution in [0, 0.1) is 12.8 Å². The monoisotopic (exact) mass is 260 g/mol. The zero-order valence-electron chi connectivity index (χ0n) is 11.2. The van der Waals surface area contributed by atoms with Gasteiger partial charge in [0.15, 0.2) is 6.29 Å². The number of aldehydes is 1. The molecule has 102 valence electrons. The Morgan fingerprint density at radius 3 is 2.74 bits per heavy atom. The minimum atomic E-state index is 0.0228. The highest BCUT2D eigenvalue weighted by Gasteiger charge is 2.12. The molecule has 1 fully saturated rings. The van der Waals surface area contributed by atoms with Gasteiger partial charge in [0.25, 0.3) is 0 Å². The Bertz CT molecular complexity index is 477. The van der Waals surface area contributed by atoms with E-state index in [1.807, 2.05) is 13.0 Å². The molecule has 1 aliphatic rings. The van der Waals surface area contributed by atoms with Gasteiger partial charge in [-0.05, 0) is 56.5 Å². The Kier molecular flexibility index (Phi) is 4.68. The second-order valence-electron chi connectivity index (χ2n) is 5.10. The smallest absolute Gasteiger partial charge is 0.153 e. The highest BCUT2D eigenvalue weighted by Crippen LogP contribution is 2.22. The van der Waals surface area contributed by atoms with E-state index < -0.39 is 0 Å². The van der Waals surface area contributed by atoms with Gasteiger partial charge in [-0.3, -0.25) is 9.79 Å². The van der Waals surface area contributed by atoms with Crippen LogP contribution in [0.5, 0.6) is 5.75 Å². The van der Waals surface area contributed by atoms with Gasteiger partial charge in [0.2, 0.25) is 0 Å². The second kappa shape index (κ2) is 6.48. The van der Waals surface area contributed by atoms with Crippen molar-refractivity contribution in [2.45, 2.75) is 19.8 Å². The molecule has 2 rings (SSSR count). The Balaban J connectivity index is 2.05. The molecular weight excluding hydrogens is 240 g/mol. The molecule has 4 heteroatoms. The van der Waals surface area contributed by atoms with Gasteiger partial charge in [0, 0.05) is 18.3 Å². The molecule has 1 saturated heterocycles. The summed E-state index contributed by atoms with van der Waals surface area (Å²) in [6.45, 7) is 4.80. The quantitative estimate of drug-likeness (QED) is 0.642. The molecule has 0 aliphatic carbocycles. The summed E-state index contributed by atoms with van der Waals surface area (Å²) in [6.07, 6.45) is 4.65. The number of phenolic OH excluding ortho intramolecular Hbond substituents is 1. The van der Waals surface area contributed by atoms with Crippen LogP contribution in [0.4, 0.5) is 0 Å². The number of nitrogens with zero attached hydrogens (tertiary/aromatic N) is 1. The molecule has 4 nitrogen and oxygen atoms in total. The van der Waals surface area contributed by atoms with E-state index in [4.69, 9.17) is 0 Å². The van der Waals surface area contributed by atoms with Gasteiger partial charge in [-0.2, -0.15) is 0 Å². The van der Waals surface area contributed by atoms with Crippen LogP contribution in [0.25, 0.3) is 0 Å². The summed E-state index contributed by atoms with van der Waals surface area (Å²) in [6, 6.07) is 3.51. The second-order valence-corrected chi connectivity index (χ2v) is 5.10. The van der Waals surface area contributed by atoms with Crippen LogP contribution in [0.3, 0.4) is 0 Å². The number of aliphatic imine (C=N–C) groups is 1. The number of aromatic hydroxyl groups is 1. The van der Waals surface area contributed by atoms with Crippen molar-refractivity contribution >= 4 is 12.5 Å². The van der Waals surface area contributed by atoms with Crippen LogP contribution in [0.15, 0.2) is 17.1 Å². The number of hydrogen-bond acceptors (Lipinski definition) is 4. The number of hydrogen-bond donors (Lipinski definition) is 2. The van der Waals surface area contributed by atoms with Gasteiger partial charge < -0.3 is 10.4 Å². The summed E-state index contributed by atoms with van der Waals surface area (Å²) >= 11 is 0. The molecule has 1 aliphatic heterocycles. The first-order chi connectivity index (χ1) is 9.20. The summed E-state index contributed by atoms with van der Waals surface area (Å²) < 4.78 is 0. The molecule has 0 unspecified atom stereocenters. The fraction of sp³-hybridized carbons (Fsp3) is 0.467. The summed E-state index contributed by atoms with van der Waals surface area (Å²) in [5.74, 6) is 0.643. The van der Waals surface area contributed by atoms with Crippen molar-refractivity contribution in [3.8, 4) is 5.75 Å². The number of carbonyl (C=O) groups is 1. The van der Waals surface area contributed by atoms with E-state index in [0.717, 1.165) is 38.0 Å². The average molecular weight is 260 g/mol. The number of phenols is 1. The summed E-state index contributed by atoms with van der Waals surface area (Å²) in [4.78, 5) is 15.3. The first-order valence-corrected chi connectivity index (χ1v) is 6.70. The average Bonchev–Trinajstić information content (AvgIpc) is 2.43. The zero-order chi connectivity index (χ0) is 13.7. The van der Waals surface area contributed by atoms with E-state index in [9.17, 15) is 9.90 Å². The van der Waals surface area contributed by atoms with Crippen LogP contribution in [-0.4, -0.2) is 37.2 Å². The largest absolute Gasteiger partial charge is 0.507 e. The fourth-order valence-corrected chi connectivity index (χ4v) is 2.39. The highest BCUT2D eigenvalue weighted by molar-refractivity contribution is 5.90. The van der Waals surface area contributed by atoms with Crippen molar-refractivity contribution in [2.24, 2.45) is 10.9 Å². The van der Waals surface area contributed by atoms with E-state index in [-0.39, 0.29) is 5.75 Å². The third-order valence-electron chi connectivity index (χ3n) is 3.49. The molecule has 2 N–H and O–H groups in total. The summed E-state index contributed by atoms with van der Waals surface area (Å²) in [5, 5.41) is 13.2. The Hall–Kier alpha value is -1.68. The SMILES string of the molecule is Cc1cc(C=O)c(O)c(C=NCC2CCNCC2)c1. The Morgan fingerprint density at radius 2 is 2.05 bits per heavy atom. The lowest BCUT2D eigenvalue weighted by Gasteiger charge is -2.20. The summed E-state index contributed by atoms with van der Waals surface area (Å²) in [5.41, 5.74) is 1.89. The maximum absolute atomic E-state index is 10.8. The van der Waals surface area contributed by atoms with E-state index >= 15 is 0 Å². The van der Waals surface area contributed by atoms with Gasteiger partial charge in [-0.15, -0.1) is 0 Å². The molecule has 0 atom stereocenters.